The van der Waals surface area contributed by atoms with E-state index in [0.717, 1.165) is 33.1 Å². The van der Waals surface area contributed by atoms with E-state index in [9.17, 15) is 0 Å². The molecule has 6 aromatic rings. The van der Waals surface area contributed by atoms with Crippen molar-refractivity contribution < 1.29 is 4.42 Å². The Hall–Kier alpha value is -3.92. The Kier molecular flexibility index (Phi) is 3.14. The zero-order valence-electron chi connectivity index (χ0n) is 14.9. The summed E-state index contributed by atoms with van der Waals surface area (Å²) in [5.74, 6) is 0.650. The molecule has 6 rings (SSSR count). The molecule has 0 amide bonds. The first kappa shape index (κ1) is 15.2. The lowest BCUT2D eigenvalue weighted by Gasteiger charge is -2.07. The second kappa shape index (κ2) is 5.79. The maximum absolute atomic E-state index is 5.64. The first-order valence-corrected chi connectivity index (χ1v) is 9.17. The highest BCUT2D eigenvalue weighted by Gasteiger charge is 2.15. The van der Waals surface area contributed by atoms with Gasteiger partial charge in [-0.25, -0.2) is 9.97 Å². The van der Waals surface area contributed by atoms with Crippen molar-refractivity contribution in [3.63, 3.8) is 0 Å². The molecule has 0 saturated heterocycles. The minimum atomic E-state index is 0.650. The molecule has 0 aliphatic carbocycles. The molecule has 0 aliphatic rings. The minimum Gasteiger partial charge on any atom is -0.464 e. The zero-order valence-corrected chi connectivity index (χ0v) is 14.9. The smallest absolute Gasteiger partial charge is 0.234 e. The van der Waals surface area contributed by atoms with Crippen molar-refractivity contribution in [2.24, 2.45) is 0 Å². The molecule has 132 valence electrons. The molecule has 0 spiro atoms. The Morgan fingerprint density at radius 1 is 0.679 bits per heavy atom. The maximum atomic E-state index is 5.64. The average Bonchev–Trinajstić information content (AvgIpc) is 3.35. The summed E-state index contributed by atoms with van der Waals surface area (Å²) in [6, 6.07) is 24.7. The molecule has 0 atom stereocenters. The third-order valence-corrected chi connectivity index (χ3v) is 5.19. The quantitative estimate of drug-likeness (QED) is 0.381. The number of aromatic nitrogens is 3. The van der Waals surface area contributed by atoms with Crippen LogP contribution >= 0.6 is 0 Å². The minimum absolute atomic E-state index is 0.650. The Labute approximate surface area is 160 Å². The highest BCUT2D eigenvalue weighted by atomic mass is 16.3. The standard InChI is InChI=1S/C24H15N3O/c1-2-6-16(7-3-1)18-14-25-24(26-15-18)27-21-9-5-4-8-19(21)20-12-17-10-11-28-23(17)13-22(20)27/h1-15H. The number of para-hydroxylation sites is 1. The first-order chi connectivity index (χ1) is 13.9. The molecule has 0 radical (unpaired) electrons. The summed E-state index contributed by atoms with van der Waals surface area (Å²) in [5, 5.41) is 3.44. The monoisotopic (exact) mass is 361 g/mol. The van der Waals surface area contributed by atoms with E-state index in [4.69, 9.17) is 4.42 Å². The van der Waals surface area contributed by atoms with Gasteiger partial charge in [-0.15, -0.1) is 0 Å². The Morgan fingerprint density at radius 3 is 2.32 bits per heavy atom. The zero-order chi connectivity index (χ0) is 18.5. The molecule has 4 heteroatoms. The van der Waals surface area contributed by atoms with E-state index < -0.39 is 0 Å². The maximum Gasteiger partial charge on any atom is 0.234 e. The number of hydrogen-bond acceptors (Lipinski definition) is 3. The summed E-state index contributed by atoms with van der Waals surface area (Å²) in [4.78, 5) is 9.37. The van der Waals surface area contributed by atoms with Gasteiger partial charge in [-0.2, -0.15) is 0 Å². The van der Waals surface area contributed by atoms with Crippen molar-refractivity contribution in [2.75, 3.05) is 0 Å². The van der Waals surface area contributed by atoms with Gasteiger partial charge < -0.3 is 4.42 Å². The van der Waals surface area contributed by atoms with Crippen molar-refractivity contribution in [3.8, 4) is 17.1 Å². The van der Waals surface area contributed by atoms with Gasteiger partial charge in [0.2, 0.25) is 5.95 Å². The molecule has 0 aliphatic heterocycles. The molecule has 0 bridgehead atoms. The van der Waals surface area contributed by atoms with E-state index in [0.29, 0.717) is 5.95 Å². The predicted molar refractivity (Wildman–Crippen MR) is 112 cm³/mol. The first-order valence-electron chi connectivity index (χ1n) is 9.17. The van der Waals surface area contributed by atoms with Crippen LogP contribution in [0.1, 0.15) is 0 Å². The second-order valence-electron chi connectivity index (χ2n) is 6.82. The molecule has 3 heterocycles. The fourth-order valence-electron chi connectivity index (χ4n) is 3.86. The van der Waals surface area contributed by atoms with Gasteiger partial charge in [0, 0.05) is 40.2 Å². The van der Waals surface area contributed by atoms with Crippen LogP contribution in [0.2, 0.25) is 0 Å². The molecule has 4 nitrogen and oxygen atoms in total. The summed E-state index contributed by atoms with van der Waals surface area (Å²) in [5.41, 5.74) is 5.08. The molecular formula is C24H15N3O. The van der Waals surface area contributed by atoms with E-state index in [1.165, 1.54) is 10.8 Å². The van der Waals surface area contributed by atoms with Crippen LogP contribution in [-0.4, -0.2) is 14.5 Å². The molecule has 0 unspecified atom stereocenters. The van der Waals surface area contributed by atoms with E-state index in [1.807, 2.05) is 42.7 Å². The summed E-state index contributed by atoms with van der Waals surface area (Å²) in [6.45, 7) is 0. The Morgan fingerprint density at radius 2 is 1.46 bits per heavy atom. The van der Waals surface area contributed by atoms with Crippen LogP contribution in [0.25, 0.3) is 49.9 Å². The van der Waals surface area contributed by atoms with Crippen LogP contribution in [0.5, 0.6) is 0 Å². The lowest BCUT2D eigenvalue weighted by Crippen LogP contribution is -2.00. The van der Waals surface area contributed by atoms with Gasteiger partial charge in [0.15, 0.2) is 0 Å². The molecular weight excluding hydrogens is 346 g/mol. The number of rotatable bonds is 2. The van der Waals surface area contributed by atoms with Crippen molar-refractivity contribution in [3.05, 3.63) is 91.5 Å². The van der Waals surface area contributed by atoms with Gasteiger partial charge in [-0.1, -0.05) is 48.5 Å². The van der Waals surface area contributed by atoms with E-state index in [2.05, 4.69) is 57.0 Å². The molecule has 0 fully saturated rings. The van der Waals surface area contributed by atoms with Crippen molar-refractivity contribution in [2.45, 2.75) is 0 Å². The molecule has 0 N–H and O–H groups in total. The topological polar surface area (TPSA) is 43.9 Å². The third-order valence-electron chi connectivity index (χ3n) is 5.19. The van der Waals surface area contributed by atoms with Crippen LogP contribution in [0.3, 0.4) is 0 Å². The van der Waals surface area contributed by atoms with E-state index in [1.54, 1.807) is 6.26 Å². The van der Waals surface area contributed by atoms with E-state index >= 15 is 0 Å². The third kappa shape index (κ3) is 2.18. The number of benzene rings is 3. The van der Waals surface area contributed by atoms with Crippen LogP contribution < -0.4 is 0 Å². The number of fused-ring (bicyclic) bond motifs is 4. The predicted octanol–water partition coefficient (Wildman–Crippen LogP) is 5.99. The van der Waals surface area contributed by atoms with Crippen molar-refractivity contribution >= 4 is 32.8 Å². The molecule has 0 saturated carbocycles. The largest absolute Gasteiger partial charge is 0.464 e. The second-order valence-corrected chi connectivity index (χ2v) is 6.82. The van der Waals surface area contributed by atoms with Crippen LogP contribution in [0.4, 0.5) is 0 Å². The molecule has 3 aromatic heterocycles. The highest BCUT2D eigenvalue weighted by Crippen LogP contribution is 2.34. The van der Waals surface area contributed by atoms with Crippen molar-refractivity contribution in [1.82, 2.24) is 14.5 Å². The normalized spacial score (nSPS) is 11.6. The van der Waals surface area contributed by atoms with Crippen LogP contribution in [0.15, 0.2) is 95.9 Å². The number of hydrogen-bond donors (Lipinski definition) is 0. The fourth-order valence-corrected chi connectivity index (χ4v) is 3.86. The average molecular weight is 361 g/mol. The summed E-state index contributed by atoms with van der Waals surface area (Å²) < 4.78 is 7.73. The number of nitrogens with zero attached hydrogens (tertiary/aromatic N) is 3. The van der Waals surface area contributed by atoms with Gasteiger partial charge in [-0.3, -0.25) is 4.57 Å². The summed E-state index contributed by atoms with van der Waals surface area (Å²) in [6.07, 6.45) is 5.48. The van der Waals surface area contributed by atoms with Gasteiger partial charge in [0.1, 0.15) is 5.58 Å². The lowest BCUT2D eigenvalue weighted by molar-refractivity contribution is 0.616. The Bertz CT molecular complexity index is 1440. The van der Waals surface area contributed by atoms with Crippen LogP contribution in [0, 0.1) is 0 Å². The van der Waals surface area contributed by atoms with E-state index in [-0.39, 0.29) is 0 Å². The number of furan rings is 1. The summed E-state index contributed by atoms with van der Waals surface area (Å²) in [7, 11) is 0. The molecule has 3 aromatic carbocycles. The van der Waals surface area contributed by atoms with Gasteiger partial charge in [0.25, 0.3) is 0 Å². The highest BCUT2D eigenvalue weighted by molar-refractivity contribution is 6.12. The Balaban J connectivity index is 1.62. The molecule has 28 heavy (non-hydrogen) atoms. The van der Waals surface area contributed by atoms with Crippen molar-refractivity contribution in [1.29, 1.82) is 0 Å². The van der Waals surface area contributed by atoms with Gasteiger partial charge in [-0.05, 0) is 23.8 Å². The van der Waals surface area contributed by atoms with Gasteiger partial charge >= 0.3 is 0 Å². The van der Waals surface area contributed by atoms with Crippen LogP contribution in [-0.2, 0) is 0 Å². The SMILES string of the molecule is c1ccc(-c2cnc(-n3c4ccccc4c4cc5ccoc5cc43)nc2)cc1. The lowest BCUT2D eigenvalue weighted by atomic mass is 10.1. The summed E-state index contributed by atoms with van der Waals surface area (Å²) >= 11 is 0. The fraction of sp³-hybridized carbons (Fsp3) is 0. The van der Waals surface area contributed by atoms with Gasteiger partial charge in [0.05, 0.1) is 17.3 Å².